The largest absolute Gasteiger partial charge is 0.465 e. The van der Waals surface area contributed by atoms with Crippen molar-refractivity contribution >= 4 is 6.09 Å². The summed E-state index contributed by atoms with van der Waals surface area (Å²) in [5, 5.41) is 12.1. The van der Waals surface area contributed by atoms with Crippen LogP contribution in [0.3, 0.4) is 0 Å². The first-order valence-electron chi connectivity index (χ1n) is 4.92. The van der Waals surface area contributed by atoms with E-state index in [1.54, 1.807) is 12.5 Å². The van der Waals surface area contributed by atoms with Gasteiger partial charge in [0.05, 0.1) is 6.33 Å². The van der Waals surface area contributed by atoms with Gasteiger partial charge in [0.15, 0.2) is 0 Å². The van der Waals surface area contributed by atoms with Crippen molar-refractivity contribution in [1.29, 1.82) is 0 Å². The Morgan fingerprint density at radius 3 is 3.20 bits per heavy atom. The Balaban J connectivity index is 1.90. The van der Waals surface area contributed by atoms with Gasteiger partial charge in [0.1, 0.15) is 0 Å². The molecule has 0 radical (unpaired) electrons. The molecular formula is C9H14N4O2. The van der Waals surface area contributed by atoms with Crippen molar-refractivity contribution in [2.24, 2.45) is 0 Å². The predicted octanol–water partition coefficient (Wildman–Crippen LogP) is -0.165. The minimum atomic E-state index is -0.841. The number of amides is 1. The SMILES string of the molecule is O=C(O)N1CCNC(Cn2ccnc2)C1. The average Bonchev–Trinajstić information content (AvgIpc) is 2.71. The molecule has 1 atom stereocenters. The van der Waals surface area contributed by atoms with Crippen LogP contribution in [0.4, 0.5) is 4.79 Å². The van der Waals surface area contributed by atoms with Crippen LogP contribution in [-0.4, -0.2) is 51.3 Å². The number of aromatic nitrogens is 2. The summed E-state index contributed by atoms with van der Waals surface area (Å²) in [4.78, 5) is 16.2. The van der Waals surface area contributed by atoms with E-state index in [1.807, 2.05) is 10.8 Å². The summed E-state index contributed by atoms with van der Waals surface area (Å²) in [5.74, 6) is 0. The van der Waals surface area contributed by atoms with Crippen LogP contribution in [0, 0.1) is 0 Å². The van der Waals surface area contributed by atoms with Gasteiger partial charge < -0.3 is 19.9 Å². The maximum atomic E-state index is 10.8. The molecule has 2 N–H and O–H groups in total. The van der Waals surface area contributed by atoms with Crippen LogP contribution in [0.25, 0.3) is 0 Å². The van der Waals surface area contributed by atoms with Gasteiger partial charge in [-0.05, 0) is 0 Å². The van der Waals surface area contributed by atoms with Gasteiger partial charge in [0.2, 0.25) is 0 Å². The number of rotatable bonds is 2. The van der Waals surface area contributed by atoms with E-state index in [1.165, 1.54) is 4.90 Å². The number of nitrogens with one attached hydrogen (secondary N) is 1. The Labute approximate surface area is 87.5 Å². The van der Waals surface area contributed by atoms with E-state index in [9.17, 15) is 4.79 Å². The molecule has 82 valence electrons. The van der Waals surface area contributed by atoms with E-state index in [0.717, 1.165) is 6.54 Å². The highest BCUT2D eigenvalue weighted by atomic mass is 16.4. The molecule has 2 heterocycles. The zero-order valence-electron chi connectivity index (χ0n) is 8.33. The number of piperazine rings is 1. The summed E-state index contributed by atoms with van der Waals surface area (Å²) >= 11 is 0. The fourth-order valence-corrected chi connectivity index (χ4v) is 1.77. The number of carbonyl (C=O) groups is 1. The second-order valence-electron chi connectivity index (χ2n) is 3.64. The molecule has 0 aromatic carbocycles. The molecule has 6 heteroatoms. The second-order valence-corrected chi connectivity index (χ2v) is 3.64. The predicted molar refractivity (Wildman–Crippen MR) is 53.6 cm³/mol. The van der Waals surface area contributed by atoms with Gasteiger partial charge in [-0.25, -0.2) is 9.78 Å². The highest BCUT2D eigenvalue weighted by Gasteiger charge is 2.22. The van der Waals surface area contributed by atoms with Gasteiger partial charge in [-0.2, -0.15) is 0 Å². The monoisotopic (exact) mass is 210 g/mol. The normalized spacial score (nSPS) is 21.6. The van der Waals surface area contributed by atoms with E-state index >= 15 is 0 Å². The van der Waals surface area contributed by atoms with Crippen LogP contribution in [-0.2, 0) is 6.54 Å². The van der Waals surface area contributed by atoms with Crippen molar-refractivity contribution in [2.75, 3.05) is 19.6 Å². The lowest BCUT2D eigenvalue weighted by atomic mass is 10.2. The molecule has 1 aliphatic rings. The third kappa shape index (κ3) is 2.47. The fraction of sp³-hybridized carbons (Fsp3) is 0.556. The van der Waals surface area contributed by atoms with Crippen LogP contribution in [0.2, 0.25) is 0 Å². The van der Waals surface area contributed by atoms with E-state index in [2.05, 4.69) is 10.3 Å². The molecule has 1 aliphatic heterocycles. The molecule has 1 fully saturated rings. The molecule has 15 heavy (non-hydrogen) atoms. The minimum Gasteiger partial charge on any atom is -0.465 e. The molecule has 0 spiro atoms. The van der Waals surface area contributed by atoms with Crippen LogP contribution in [0.15, 0.2) is 18.7 Å². The molecule has 1 unspecified atom stereocenters. The smallest absolute Gasteiger partial charge is 0.407 e. The van der Waals surface area contributed by atoms with Crippen LogP contribution < -0.4 is 5.32 Å². The maximum absolute atomic E-state index is 10.8. The van der Waals surface area contributed by atoms with E-state index < -0.39 is 6.09 Å². The van der Waals surface area contributed by atoms with E-state index in [4.69, 9.17) is 5.11 Å². The zero-order valence-corrected chi connectivity index (χ0v) is 8.33. The quantitative estimate of drug-likeness (QED) is 0.711. The standard InChI is InChI=1S/C9H14N4O2/c14-9(15)13-4-2-11-8(6-13)5-12-3-1-10-7-12/h1,3,7-8,11H,2,4-6H2,(H,14,15). The van der Waals surface area contributed by atoms with Crippen molar-refractivity contribution in [2.45, 2.75) is 12.6 Å². The Bertz CT molecular complexity index is 325. The summed E-state index contributed by atoms with van der Waals surface area (Å²) in [5.41, 5.74) is 0. The average molecular weight is 210 g/mol. The number of imidazole rings is 1. The van der Waals surface area contributed by atoms with Crippen molar-refractivity contribution in [3.05, 3.63) is 18.7 Å². The molecule has 1 amide bonds. The second kappa shape index (κ2) is 4.31. The van der Waals surface area contributed by atoms with Crippen LogP contribution >= 0.6 is 0 Å². The van der Waals surface area contributed by atoms with Gasteiger partial charge in [-0.1, -0.05) is 0 Å². The first-order chi connectivity index (χ1) is 7.25. The Kier molecular flexibility index (Phi) is 2.86. The zero-order chi connectivity index (χ0) is 10.7. The number of hydrogen-bond acceptors (Lipinski definition) is 3. The lowest BCUT2D eigenvalue weighted by molar-refractivity contribution is 0.126. The molecule has 0 saturated carbocycles. The molecule has 1 aromatic heterocycles. The highest BCUT2D eigenvalue weighted by molar-refractivity contribution is 5.65. The summed E-state index contributed by atoms with van der Waals surface area (Å²) in [6.07, 6.45) is 4.49. The van der Waals surface area contributed by atoms with Gasteiger partial charge in [-0.3, -0.25) is 0 Å². The third-order valence-electron chi connectivity index (χ3n) is 2.52. The third-order valence-corrected chi connectivity index (χ3v) is 2.52. The van der Waals surface area contributed by atoms with E-state index in [0.29, 0.717) is 19.6 Å². The van der Waals surface area contributed by atoms with Crippen LogP contribution in [0.5, 0.6) is 0 Å². The topological polar surface area (TPSA) is 70.4 Å². The number of hydrogen-bond donors (Lipinski definition) is 2. The van der Waals surface area contributed by atoms with Gasteiger partial charge in [-0.15, -0.1) is 0 Å². The summed E-state index contributed by atoms with van der Waals surface area (Å²) in [7, 11) is 0. The lowest BCUT2D eigenvalue weighted by Crippen LogP contribution is -2.53. The number of nitrogens with zero attached hydrogens (tertiary/aromatic N) is 3. The van der Waals surface area contributed by atoms with Crippen molar-refractivity contribution in [3.8, 4) is 0 Å². The minimum absolute atomic E-state index is 0.170. The van der Waals surface area contributed by atoms with Crippen molar-refractivity contribution in [1.82, 2.24) is 19.8 Å². The molecular weight excluding hydrogens is 196 g/mol. The Morgan fingerprint density at radius 1 is 1.67 bits per heavy atom. The fourth-order valence-electron chi connectivity index (χ4n) is 1.77. The van der Waals surface area contributed by atoms with Gasteiger partial charge in [0, 0.05) is 44.6 Å². The Morgan fingerprint density at radius 2 is 2.53 bits per heavy atom. The van der Waals surface area contributed by atoms with Gasteiger partial charge in [0.25, 0.3) is 0 Å². The Hall–Kier alpha value is -1.56. The molecule has 1 saturated heterocycles. The van der Waals surface area contributed by atoms with Crippen molar-refractivity contribution in [3.63, 3.8) is 0 Å². The molecule has 0 bridgehead atoms. The van der Waals surface area contributed by atoms with E-state index in [-0.39, 0.29) is 6.04 Å². The first-order valence-corrected chi connectivity index (χ1v) is 4.92. The number of carboxylic acid groups (broad SMARTS) is 1. The van der Waals surface area contributed by atoms with Crippen LogP contribution in [0.1, 0.15) is 0 Å². The van der Waals surface area contributed by atoms with Gasteiger partial charge >= 0.3 is 6.09 Å². The maximum Gasteiger partial charge on any atom is 0.407 e. The first kappa shape index (κ1) is 9.97. The summed E-state index contributed by atoms with van der Waals surface area (Å²) in [6.45, 7) is 2.57. The molecule has 1 aromatic rings. The molecule has 2 rings (SSSR count). The molecule has 0 aliphatic carbocycles. The highest BCUT2D eigenvalue weighted by Crippen LogP contribution is 2.02. The lowest BCUT2D eigenvalue weighted by Gasteiger charge is -2.31. The van der Waals surface area contributed by atoms with Crippen molar-refractivity contribution < 1.29 is 9.90 Å². The summed E-state index contributed by atoms with van der Waals surface area (Å²) < 4.78 is 1.95. The summed E-state index contributed by atoms with van der Waals surface area (Å²) in [6, 6.07) is 0.170. The molecule has 6 nitrogen and oxygen atoms in total.